The number of hydrogen-bond acceptors (Lipinski definition) is 4. The van der Waals surface area contributed by atoms with Gasteiger partial charge in [0.25, 0.3) is 0 Å². The van der Waals surface area contributed by atoms with Crippen molar-refractivity contribution < 1.29 is 30.4 Å². The number of nitrogens with one attached hydrogen (secondary N) is 1. The number of halogens is 5. The third-order valence-corrected chi connectivity index (χ3v) is 8.64. The first-order valence-corrected chi connectivity index (χ1v) is 12.9. The minimum Gasteiger partial charge on any atom is -0.333 e. The van der Waals surface area contributed by atoms with Crippen molar-refractivity contribution in [2.75, 3.05) is 0 Å². The second-order valence-corrected chi connectivity index (χ2v) is 11.1. The molecule has 0 spiro atoms. The number of aromatic nitrogens is 2. The summed E-state index contributed by atoms with van der Waals surface area (Å²) in [5.74, 6) is -1.59. The van der Waals surface area contributed by atoms with Gasteiger partial charge in [-0.1, -0.05) is 12.8 Å². The lowest BCUT2D eigenvalue weighted by Gasteiger charge is -2.21. The van der Waals surface area contributed by atoms with Crippen LogP contribution in [-0.2, 0) is 10.0 Å². The molecule has 2 aliphatic rings. The Bertz CT molecular complexity index is 1510. The maximum atomic E-state index is 15.3. The van der Waals surface area contributed by atoms with Crippen molar-refractivity contribution in [3.8, 4) is 17.5 Å². The van der Waals surface area contributed by atoms with Crippen LogP contribution in [0.15, 0.2) is 29.3 Å². The maximum absolute atomic E-state index is 15.3. The van der Waals surface area contributed by atoms with Gasteiger partial charge in [-0.05, 0) is 50.8 Å². The average Bonchev–Trinajstić information content (AvgIpc) is 3.27. The molecule has 190 valence electrons. The summed E-state index contributed by atoms with van der Waals surface area (Å²) >= 11 is 0. The molecule has 2 aromatic heterocycles. The molecule has 36 heavy (non-hydrogen) atoms. The minimum atomic E-state index is -4.73. The predicted molar refractivity (Wildman–Crippen MR) is 120 cm³/mol. The van der Waals surface area contributed by atoms with E-state index < -0.39 is 38.3 Å². The largest absolute Gasteiger partial charge is 0.407 e. The van der Waals surface area contributed by atoms with E-state index in [2.05, 4.69) is 4.98 Å². The van der Waals surface area contributed by atoms with Gasteiger partial charge in [-0.2, -0.15) is 23.2 Å². The molecule has 5 rings (SSSR count). The molecule has 2 fully saturated rings. The summed E-state index contributed by atoms with van der Waals surface area (Å²) in [4.78, 5) is 3.67. The first kappa shape index (κ1) is 24.6. The lowest BCUT2D eigenvalue weighted by molar-refractivity contribution is -0.160. The Morgan fingerprint density at radius 2 is 1.86 bits per heavy atom. The van der Waals surface area contributed by atoms with Crippen LogP contribution in [0.2, 0.25) is 0 Å². The second kappa shape index (κ2) is 8.24. The number of hydrogen-bond donors (Lipinski definition) is 1. The Morgan fingerprint density at radius 3 is 2.39 bits per heavy atom. The van der Waals surface area contributed by atoms with Gasteiger partial charge in [0.05, 0.1) is 22.5 Å². The predicted octanol–water partition coefficient (Wildman–Crippen LogP) is 5.65. The summed E-state index contributed by atoms with van der Waals surface area (Å²) in [5.41, 5.74) is -2.25. The Balaban J connectivity index is 1.64. The van der Waals surface area contributed by atoms with E-state index in [-0.39, 0.29) is 52.3 Å². The van der Waals surface area contributed by atoms with Crippen molar-refractivity contribution in [3.63, 3.8) is 0 Å². The topological polar surface area (TPSA) is 87.8 Å². The van der Waals surface area contributed by atoms with E-state index in [1.165, 1.54) is 13.0 Å². The molecule has 0 radical (unpaired) electrons. The molecule has 1 aromatic carbocycles. The monoisotopic (exact) mass is 524 g/mol. The molecule has 2 saturated carbocycles. The second-order valence-electron chi connectivity index (χ2n) is 9.40. The Morgan fingerprint density at radius 1 is 1.19 bits per heavy atom. The summed E-state index contributed by atoms with van der Waals surface area (Å²) in [7, 11) is -4.54. The van der Waals surface area contributed by atoms with E-state index in [0.29, 0.717) is 12.8 Å². The Kier molecular flexibility index (Phi) is 5.64. The van der Waals surface area contributed by atoms with Crippen LogP contribution in [0, 0.1) is 29.9 Å². The maximum Gasteiger partial charge on any atom is 0.407 e. The molecule has 0 aliphatic heterocycles. The van der Waals surface area contributed by atoms with E-state index in [1.807, 2.05) is 6.07 Å². The van der Waals surface area contributed by atoms with Gasteiger partial charge in [-0.15, -0.1) is 0 Å². The van der Waals surface area contributed by atoms with Crippen molar-refractivity contribution >= 4 is 20.9 Å². The summed E-state index contributed by atoms with van der Waals surface area (Å²) in [6.07, 6.45) is -1.36. The summed E-state index contributed by atoms with van der Waals surface area (Å²) in [6.45, 7) is 1.31. The van der Waals surface area contributed by atoms with E-state index in [0.717, 1.165) is 31.2 Å². The first-order valence-electron chi connectivity index (χ1n) is 11.4. The van der Waals surface area contributed by atoms with Crippen molar-refractivity contribution in [2.24, 2.45) is 0 Å². The van der Waals surface area contributed by atoms with Crippen LogP contribution in [0.5, 0.6) is 0 Å². The van der Waals surface area contributed by atoms with Gasteiger partial charge in [-0.3, -0.25) is 4.98 Å². The highest BCUT2D eigenvalue weighted by atomic mass is 32.2. The fraction of sp³-hybridized carbons (Fsp3) is 0.417. The highest BCUT2D eigenvalue weighted by Gasteiger charge is 2.65. The van der Waals surface area contributed by atoms with E-state index >= 15 is 4.39 Å². The summed E-state index contributed by atoms with van der Waals surface area (Å²) in [6, 6.07) is 5.29. The summed E-state index contributed by atoms with van der Waals surface area (Å²) in [5, 5.41) is 10.0. The lowest BCUT2D eigenvalue weighted by Crippen LogP contribution is -2.47. The van der Waals surface area contributed by atoms with Gasteiger partial charge in [0, 0.05) is 23.2 Å². The highest BCUT2D eigenvalue weighted by molar-refractivity contribution is 7.89. The van der Waals surface area contributed by atoms with Crippen molar-refractivity contribution in [1.29, 1.82) is 5.26 Å². The molecule has 0 atom stereocenters. The van der Waals surface area contributed by atoms with Crippen LogP contribution in [0.1, 0.15) is 55.7 Å². The normalized spacial score (nSPS) is 18.0. The quantitative estimate of drug-likeness (QED) is 0.437. The number of rotatable bonds is 5. The molecule has 0 saturated heterocycles. The number of nitrogens with zero attached hydrogens (tertiary/aromatic N) is 3. The minimum absolute atomic E-state index is 0.00932. The Hall–Kier alpha value is -3.04. The summed E-state index contributed by atoms with van der Waals surface area (Å²) < 4.78 is 98.2. The van der Waals surface area contributed by atoms with Gasteiger partial charge in [0.15, 0.2) is 5.82 Å². The third kappa shape index (κ3) is 3.76. The van der Waals surface area contributed by atoms with Crippen molar-refractivity contribution in [1.82, 2.24) is 14.3 Å². The zero-order valence-corrected chi connectivity index (χ0v) is 19.9. The van der Waals surface area contributed by atoms with Crippen LogP contribution >= 0.6 is 0 Å². The van der Waals surface area contributed by atoms with Crippen LogP contribution in [-0.4, -0.2) is 29.7 Å². The van der Waals surface area contributed by atoms with Crippen LogP contribution in [0.4, 0.5) is 22.0 Å². The van der Waals surface area contributed by atoms with E-state index in [4.69, 9.17) is 0 Å². The SMILES string of the molecule is Cc1c(F)cc2c(C#N)c(-c3ccc(S(=O)(=O)NC4(C(F)(F)F)CC4)cn3)n(C3CCCC3)c2c1F. The number of nitriles is 1. The molecule has 6 nitrogen and oxygen atoms in total. The smallest absolute Gasteiger partial charge is 0.333 e. The standard InChI is InChI=1S/C24H21F5N4O2S/c1-13-18(25)10-16-17(11-30)21(33(22(16)20(13)26)14-4-2-3-5-14)19-7-6-15(12-31-19)36(34,35)32-23(8-9-23)24(27,28)29/h6-7,10,12,14,32H,2-5,8-9H2,1H3. The van der Waals surface area contributed by atoms with Gasteiger partial charge >= 0.3 is 6.18 Å². The first-order chi connectivity index (χ1) is 16.9. The highest BCUT2D eigenvalue weighted by Crippen LogP contribution is 2.50. The van der Waals surface area contributed by atoms with Crippen LogP contribution in [0.3, 0.4) is 0 Å². The van der Waals surface area contributed by atoms with Gasteiger partial charge in [0.2, 0.25) is 10.0 Å². The molecule has 0 unspecified atom stereocenters. The zero-order valence-electron chi connectivity index (χ0n) is 19.1. The number of alkyl halides is 3. The molecule has 2 heterocycles. The molecular weight excluding hydrogens is 503 g/mol. The average molecular weight is 525 g/mol. The van der Waals surface area contributed by atoms with E-state index in [9.17, 15) is 31.2 Å². The van der Waals surface area contributed by atoms with E-state index in [1.54, 1.807) is 9.29 Å². The zero-order chi connectivity index (χ0) is 26.0. The van der Waals surface area contributed by atoms with Gasteiger partial charge in [-0.25, -0.2) is 17.2 Å². The van der Waals surface area contributed by atoms with Crippen LogP contribution < -0.4 is 4.72 Å². The molecule has 0 amide bonds. The Labute approximate surface area is 203 Å². The number of benzene rings is 1. The van der Waals surface area contributed by atoms with Crippen molar-refractivity contribution in [2.45, 2.75) is 68.1 Å². The van der Waals surface area contributed by atoms with Crippen molar-refractivity contribution in [3.05, 3.63) is 47.2 Å². The fourth-order valence-electron chi connectivity index (χ4n) is 4.95. The number of pyridine rings is 1. The fourth-order valence-corrected chi connectivity index (χ4v) is 6.34. The molecule has 12 heteroatoms. The van der Waals surface area contributed by atoms with Gasteiger partial charge < -0.3 is 4.57 Å². The lowest BCUT2D eigenvalue weighted by atomic mass is 10.1. The molecule has 0 bridgehead atoms. The number of fused-ring (bicyclic) bond motifs is 1. The number of sulfonamides is 1. The molecule has 3 aromatic rings. The third-order valence-electron chi connectivity index (χ3n) is 7.12. The molecule has 2 aliphatic carbocycles. The molecule has 1 N–H and O–H groups in total. The van der Waals surface area contributed by atoms with Gasteiger partial charge in [0.1, 0.15) is 22.3 Å². The molecular formula is C24H21F5N4O2S. The van der Waals surface area contributed by atoms with Crippen LogP contribution in [0.25, 0.3) is 22.3 Å².